The van der Waals surface area contributed by atoms with Crippen molar-refractivity contribution in [3.05, 3.63) is 28.8 Å². The minimum Gasteiger partial charge on any atom is -0.334 e. The summed E-state index contributed by atoms with van der Waals surface area (Å²) in [5.74, 6) is -0.171. The van der Waals surface area contributed by atoms with Crippen molar-refractivity contribution in [1.82, 2.24) is 4.90 Å². The van der Waals surface area contributed by atoms with Gasteiger partial charge in [0.1, 0.15) is 0 Å². The Labute approximate surface area is 130 Å². The van der Waals surface area contributed by atoms with Crippen LogP contribution in [0.3, 0.4) is 0 Å². The van der Waals surface area contributed by atoms with E-state index >= 15 is 0 Å². The molecule has 1 N–H and O–H groups in total. The lowest BCUT2D eigenvalue weighted by molar-refractivity contribution is -0.144. The number of hydrogen-bond donors (Lipinski definition) is 1. The summed E-state index contributed by atoms with van der Waals surface area (Å²) in [6.07, 6.45) is 1.10. The van der Waals surface area contributed by atoms with Crippen LogP contribution in [0.5, 0.6) is 0 Å². The van der Waals surface area contributed by atoms with Gasteiger partial charge >= 0.3 is 11.8 Å². The molecule has 5 heteroatoms. The summed E-state index contributed by atoms with van der Waals surface area (Å²) in [4.78, 5) is 26.0. The van der Waals surface area contributed by atoms with E-state index < -0.39 is 11.8 Å². The highest BCUT2D eigenvalue weighted by atomic mass is 35.5. The Morgan fingerprint density at radius 1 is 1.24 bits per heavy atom. The van der Waals surface area contributed by atoms with E-state index in [1.165, 1.54) is 0 Å². The lowest BCUT2D eigenvalue weighted by atomic mass is 9.92. The molecule has 0 saturated carbocycles. The predicted octanol–water partition coefficient (Wildman–Crippen LogP) is 3.09. The van der Waals surface area contributed by atoms with E-state index in [4.69, 9.17) is 11.6 Å². The van der Waals surface area contributed by atoms with Crippen LogP contribution in [0.25, 0.3) is 0 Å². The van der Waals surface area contributed by atoms with Gasteiger partial charge in [-0.3, -0.25) is 9.59 Å². The number of aryl methyl sites for hydroxylation is 1. The zero-order valence-corrected chi connectivity index (χ0v) is 13.4. The second kappa shape index (κ2) is 6.48. The van der Waals surface area contributed by atoms with Crippen LogP contribution in [0, 0.1) is 18.8 Å². The number of halogens is 1. The Morgan fingerprint density at radius 2 is 1.86 bits per heavy atom. The number of likely N-dealkylation sites (tertiary alicyclic amines) is 1. The lowest BCUT2D eigenvalue weighted by Crippen LogP contribution is -2.47. The van der Waals surface area contributed by atoms with Gasteiger partial charge in [0, 0.05) is 23.8 Å². The van der Waals surface area contributed by atoms with Gasteiger partial charge in [-0.2, -0.15) is 0 Å². The van der Waals surface area contributed by atoms with E-state index in [1.807, 2.05) is 6.92 Å². The highest BCUT2D eigenvalue weighted by Crippen LogP contribution is 2.22. The molecule has 0 spiro atoms. The van der Waals surface area contributed by atoms with Crippen LogP contribution in [-0.4, -0.2) is 29.8 Å². The monoisotopic (exact) mass is 308 g/mol. The van der Waals surface area contributed by atoms with Crippen molar-refractivity contribution >= 4 is 29.1 Å². The van der Waals surface area contributed by atoms with Gasteiger partial charge in [0.25, 0.3) is 0 Å². The van der Waals surface area contributed by atoms with Crippen LogP contribution >= 0.6 is 11.6 Å². The van der Waals surface area contributed by atoms with Gasteiger partial charge in [0.2, 0.25) is 0 Å². The summed E-state index contributed by atoms with van der Waals surface area (Å²) in [6.45, 7) is 7.36. The molecule has 0 aliphatic carbocycles. The van der Waals surface area contributed by atoms with Crippen molar-refractivity contribution < 1.29 is 9.59 Å². The van der Waals surface area contributed by atoms with E-state index in [-0.39, 0.29) is 0 Å². The van der Waals surface area contributed by atoms with Crippen molar-refractivity contribution in [1.29, 1.82) is 0 Å². The third-order valence-electron chi connectivity index (χ3n) is 3.79. The van der Waals surface area contributed by atoms with Gasteiger partial charge in [-0.05, 0) is 48.9 Å². The van der Waals surface area contributed by atoms with Crippen LogP contribution in [0.2, 0.25) is 5.02 Å². The number of rotatable bonds is 1. The fourth-order valence-corrected chi connectivity index (χ4v) is 3.14. The molecule has 2 amide bonds. The molecule has 114 valence electrons. The third-order valence-corrected chi connectivity index (χ3v) is 4.02. The van der Waals surface area contributed by atoms with Crippen molar-refractivity contribution in [2.75, 3.05) is 18.4 Å². The maximum atomic E-state index is 12.3. The topological polar surface area (TPSA) is 49.4 Å². The molecule has 21 heavy (non-hydrogen) atoms. The average molecular weight is 309 g/mol. The van der Waals surface area contributed by atoms with E-state index in [2.05, 4.69) is 19.2 Å². The van der Waals surface area contributed by atoms with Gasteiger partial charge in [-0.1, -0.05) is 25.4 Å². The van der Waals surface area contributed by atoms with Crippen LogP contribution < -0.4 is 5.32 Å². The van der Waals surface area contributed by atoms with Gasteiger partial charge < -0.3 is 10.2 Å². The molecular formula is C16H21ClN2O2. The Hall–Kier alpha value is -1.55. The predicted molar refractivity (Wildman–Crippen MR) is 84.3 cm³/mol. The summed E-state index contributed by atoms with van der Waals surface area (Å²) < 4.78 is 0. The molecule has 0 radical (unpaired) electrons. The number of nitrogens with zero attached hydrogens (tertiary/aromatic N) is 1. The molecular weight excluding hydrogens is 288 g/mol. The number of piperidine rings is 1. The van der Waals surface area contributed by atoms with E-state index in [1.54, 1.807) is 23.1 Å². The van der Waals surface area contributed by atoms with Crippen LogP contribution in [0.4, 0.5) is 5.69 Å². The lowest BCUT2D eigenvalue weighted by Gasteiger charge is -2.34. The van der Waals surface area contributed by atoms with Crippen LogP contribution in [0.1, 0.15) is 25.8 Å². The maximum absolute atomic E-state index is 12.3. The first-order chi connectivity index (χ1) is 9.86. The molecule has 2 atom stereocenters. The molecule has 1 aliphatic rings. The second-order valence-corrected chi connectivity index (χ2v) is 6.51. The molecule has 1 aromatic carbocycles. The number of carbonyl (C=O) groups is 2. The normalized spacial score (nSPS) is 22.0. The SMILES string of the molecule is Cc1cc(Cl)ccc1NC(=O)C(=O)N1CC(C)CC(C)C1. The third kappa shape index (κ3) is 3.97. The Bertz CT molecular complexity index is 549. The second-order valence-electron chi connectivity index (χ2n) is 6.07. The number of hydrogen-bond acceptors (Lipinski definition) is 2. The highest BCUT2D eigenvalue weighted by molar-refractivity contribution is 6.39. The summed E-state index contributed by atoms with van der Waals surface area (Å²) in [6, 6.07) is 5.16. The van der Waals surface area contributed by atoms with Gasteiger partial charge in [0.05, 0.1) is 0 Å². The minimum atomic E-state index is -0.582. The van der Waals surface area contributed by atoms with Gasteiger partial charge in [0.15, 0.2) is 0 Å². The summed E-state index contributed by atoms with van der Waals surface area (Å²) >= 11 is 5.88. The molecule has 1 fully saturated rings. The van der Waals surface area contributed by atoms with E-state index in [9.17, 15) is 9.59 Å². The Balaban J connectivity index is 2.04. The Kier molecular flexibility index (Phi) is 4.88. The summed E-state index contributed by atoms with van der Waals surface area (Å²) in [7, 11) is 0. The van der Waals surface area contributed by atoms with Gasteiger partial charge in [-0.25, -0.2) is 0 Å². The molecule has 2 rings (SSSR count). The van der Waals surface area contributed by atoms with Crippen molar-refractivity contribution in [3.63, 3.8) is 0 Å². The largest absolute Gasteiger partial charge is 0.334 e. The fourth-order valence-electron chi connectivity index (χ4n) is 2.92. The van der Waals surface area contributed by atoms with Crippen molar-refractivity contribution in [2.24, 2.45) is 11.8 Å². The maximum Gasteiger partial charge on any atom is 0.313 e. The molecule has 1 aliphatic heterocycles. The number of nitrogens with one attached hydrogen (secondary N) is 1. The zero-order valence-electron chi connectivity index (χ0n) is 12.6. The highest BCUT2D eigenvalue weighted by Gasteiger charge is 2.29. The summed E-state index contributed by atoms with van der Waals surface area (Å²) in [5, 5.41) is 3.28. The van der Waals surface area contributed by atoms with Crippen molar-refractivity contribution in [3.8, 4) is 0 Å². The van der Waals surface area contributed by atoms with E-state index in [0.717, 1.165) is 12.0 Å². The number of carbonyl (C=O) groups excluding carboxylic acids is 2. The van der Waals surface area contributed by atoms with Crippen molar-refractivity contribution in [2.45, 2.75) is 27.2 Å². The minimum absolute atomic E-state index is 0.433. The fraction of sp³-hybridized carbons (Fsp3) is 0.500. The first kappa shape index (κ1) is 15.8. The number of benzene rings is 1. The number of anilines is 1. The molecule has 1 aromatic rings. The number of amides is 2. The zero-order chi connectivity index (χ0) is 15.6. The molecule has 2 unspecified atom stereocenters. The smallest absolute Gasteiger partial charge is 0.313 e. The van der Waals surface area contributed by atoms with E-state index in [0.29, 0.717) is 35.6 Å². The molecule has 4 nitrogen and oxygen atoms in total. The molecule has 1 heterocycles. The molecule has 0 aromatic heterocycles. The molecule has 0 bridgehead atoms. The Morgan fingerprint density at radius 3 is 2.43 bits per heavy atom. The van der Waals surface area contributed by atoms with Crippen LogP contribution in [-0.2, 0) is 9.59 Å². The molecule has 1 saturated heterocycles. The standard InChI is InChI=1S/C16H21ClN2O2/c1-10-6-11(2)9-19(8-10)16(21)15(20)18-14-5-4-13(17)7-12(14)3/h4-5,7,10-11H,6,8-9H2,1-3H3,(H,18,20). The van der Waals surface area contributed by atoms with Crippen LogP contribution in [0.15, 0.2) is 18.2 Å². The average Bonchev–Trinajstić information content (AvgIpc) is 2.40. The first-order valence-corrected chi connectivity index (χ1v) is 7.61. The van der Waals surface area contributed by atoms with Gasteiger partial charge in [-0.15, -0.1) is 0 Å². The summed E-state index contributed by atoms with van der Waals surface area (Å²) in [5.41, 5.74) is 1.46. The first-order valence-electron chi connectivity index (χ1n) is 7.23. The quantitative estimate of drug-likeness (QED) is 0.811.